The molecular weight excluding hydrogens is 308 g/mol. The third-order valence-corrected chi connectivity index (χ3v) is 4.21. The molecule has 0 saturated carbocycles. The van der Waals surface area contributed by atoms with Crippen LogP contribution in [0, 0.1) is 5.41 Å². The van der Waals surface area contributed by atoms with Gasteiger partial charge < -0.3 is 20.8 Å². The maximum absolute atomic E-state index is 7.17. The van der Waals surface area contributed by atoms with E-state index in [0.717, 1.165) is 0 Å². The number of rotatable bonds is 4. The van der Waals surface area contributed by atoms with Crippen LogP contribution in [0.3, 0.4) is 0 Å². The van der Waals surface area contributed by atoms with Crippen LogP contribution in [-0.4, -0.2) is 25.9 Å². The van der Waals surface area contributed by atoms with Gasteiger partial charge in [0.05, 0.1) is 3.55 Å². The zero-order valence-electron chi connectivity index (χ0n) is 10.00. The van der Waals surface area contributed by atoms with Crippen molar-refractivity contribution in [2.45, 2.75) is 50.5 Å². The van der Waals surface area contributed by atoms with Crippen molar-refractivity contribution in [3.05, 3.63) is 0 Å². The summed E-state index contributed by atoms with van der Waals surface area (Å²) in [7, 11) is -2.17. The third-order valence-electron chi connectivity index (χ3n) is 3.07. The second kappa shape index (κ2) is 7.84. The molecule has 0 aromatic rings. The minimum absolute atomic E-state index is 0.0665. The lowest BCUT2D eigenvalue weighted by Crippen LogP contribution is -2.47. The summed E-state index contributed by atoms with van der Waals surface area (Å²) in [5.74, 6) is 0. The van der Waals surface area contributed by atoms with Gasteiger partial charge in [-0.05, 0) is 31.6 Å². The topological polar surface area (TPSA) is 86.7 Å². The zero-order valence-corrected chi connectivity index (χ0v) is 12.2. The van der Waals surface area contributed by atoms with Crippen molar-refractivity contribution >= 4 is 29.9 Å². The fourth-order valence-corrected chi connectivity index (χ4v) is 2.93. The normalized spacial score (nSPS) is 15.0. The first-order valence-electron chi connectivity index (χ1n) is 5.18. The number of hydrogen-bond donors (Lipinski definition) is 4. The molecule has 0 amide bonds. The first kappa shape index (κ1) is 18.0. The average molecular weight is 331 g/mol. The van der Waals surface area contributed by atoms with E-state index in [1.165, 1.54) is 19.3 Å². The van der Waals surface area contributed by atoms with Crippen LogP contribution in [0.4, 0.5) is 0 Å². The van der Waals surface area contributed by atoms with Crippen LogP contribution in [-0.2, 0) is 0 Å². The summed E-state index contributed by atoms with van der Waals surface area (Å²) in [4.78, 5) is 0. The highest BCUT2D eigenvalue weighted by Gasteiger charge is 2.38. The van der Waals surface area contributed by atoms with Crippen LogP contribution in [0.1, 0.15) is 47.0 Å². The van der Waals surface area contributed by atoms with Gasteiger partial charge in [0.2, 0.25) is 0 Å². The molecule has 6 heteroatoms. The second-order valence-corrected chi connectivity index (χ2v) is 6.00. The van der Waals surface area contributed by atoms with Crippen molar-refractivity contribution in [2.24, 2.45) is 11.1 Å². The summed E-state index contributed by atoms with van der Waals surface area (Å²) in [6, 6.07) is 0. The molecule has 1 atom stereocenters. The summed E-state index contributed by atoms with van der Waals surface area (Å²) in [5.41, 5.74) is 6.46. The van der Waals surface area contributed by atoms with Crippen molar-refractivity contribution in [3.8, 4) is 0 Å². The minimum atomic E-state index is -2.17. The Morgan fingerprint density at radius 1 is 1.07 bits per heavy atom. The van der Waals surface area contributed by atoms with Crippen LogP contribution in [0.25, 0.3) is 0 Å². The highest BCUT2D eigenvalue weighted by atomic mass is 127. The molecular formula is C9H23BINO3. The van der Waals surface area contributed by atoms with Gasteiger partial charge in [-0.25, -0.2) is 0 Å². The van der Waals surface area contributed by atoms with E-state index in [0.29, 0.717) is 5.41 Å². The fraction of sp³-hybridized carbons (Fsp3) is 1.00. The van der Waals surface area contributed by atoms with Crippen LogP contribution in [0.15, 0.2) is 0 Å². The average Bonchev–Trinajstić information content (AvgIpc) is 2.04. The molecule has 0 fully saturated rings. The summed E-state index contributed by atoms with van der Waals surface area (Å²) < 4.78 is -0.0665. The highest BCUT2D eigenvalue weighted by Crippen LogP contribution is 2.43. The Morgan fingerprint density at radius 3 is 1.27 bits per heavy atom. The van der Waals surface area contributed by atoms with Gasteiger partial charge in [0, 0.05) is 0 Å². The van der Waals surface area contributed by atoms with Crippen LogP contribution >= 0.6 is 22.6 Å². The third kappa shape index (κ3) is 6.73. The van der Waals surface area contributed by atoms with Crippen LogP contribution in [0.2, 0.25) is 0 Å². The van der Waals surface area contributed by atoms with Gasteiger partial charge in [-0.1, -0.05) is 43.4 Å². The van der Waals surface area contributed by atoms with E-state index in [1.54, 1.807) is 0 Å². The molecule has 0 aliphatic carbocycles. The lowest BCUT2D eigenvalue weighted by atomic mass is 9.74. The van der Waals surface area contributed by atoms with Crippen LogP contribution in [0.5, 0.6) is 0 Å². The summed E-state index contributed by atoms with van der Waals surface area (Å²) >= 11 is 2.37. The number of alkyl halides is 1. The van der Waals surface area contributed by atoms with E-state index in [9.17, 15) is 0 Å². The summed E-state index contributed by atoms with van der Waals surface area (Å²) in [6.07, 6.45) is 3.53. The molecule has 92 valence electrons. The second-order valence-electron chi connectivity index (χ2n) is 3.76. The van der Waals surface area contributed by atoms with Gasteiger partial charge in [0.25, 0.3) is 0 Å². The van der Waals surface area contributed by atoms with Gasteiger partial charge in [0.1, 0.15) is 0 Å². The SMILES string of the molecule is CCC(CC)(CC)C(C)(N)I.OB(O)O. The molecule has 1 unspecified atom stereocenters. The van der Waals surface area contributed by atoms with Gasteiger partial charge in [0.15, 0.2) is 0 Å². The van der Waals surface area contributed by atoms with E-state index in [4.69, 9.17) is 20.8 Å². The Morgan fingerprint density at radius 2 is 1.27 bits per heavy atom. The molecule has 0 aliphatic rings. The van der Waals surface area contributed by atoms with Gasteiger partial charge in [-0.3, -0.25) is 0 Å². The summed E-state index contributed by atoms with van der Waals surface area (Å²) in [6.45, 7) is 8.83. The molecule has 4 nitrogen and oxygen atoms in total. The molecule has 0 rings (SSSR count). The van der Waals surface area contributed by atoms with Crippen molar-refractivity contribution in [1.82, 2.24) is 0 Å². The molecule has 0 bridgehead atoms. The molecule has 0 heterocycles. The van der Waals surface area contributed by atoms with Crippen molar-refractivity contribution < 1.29 is 15.1 Å². The number of nitrogens with two attached hydrogens (primary N) is 1. The molecule has 5 N–H and O–H groups in total. The predicted octanol–water partition coefficient (Wildman–Crippen LogP) is 1.26. The van der Waals surface area contributed by atoms with Gasteiger partial charge >= 0.3 is 7.32 Å². The van der Waals surface area contributed by atoms with E-state index >= 15 is 0 Å². The Balaban J connectivity index is 0. The molecule has 0 saturated heterocycles. The molecule has 0 aromatic heterocycles. The maximum Gasteiger partial charge on any atom is 0.631 e. The number of hydrogen-bond acceptors (Lipinski definition) is 4. The first-order chi connectivity index (χ1) is 6.66. The lowest BCUT2D eigenvalue weighted by molar-refractivity contribution is 0.193. The largest absolute Gasteiger partial charge is 0.631 e. The van der Waals surface area contributed by atoms with E-state index in [-0.39, 0.29) is 3.55 Å². The van der Waals surface area contributed by atoms with E-state index < -0.39 is 7.32 Å². The van der Waals surface area contributed by atoms with E-state index in [2.05, 4.69) is 50.3 Å². The quantitative estimate of drug-likeness (QED) is 0.270. The molecule has 0 spiro atoms. The van der Waals surface area contributed by atoms with Crippen molar-refractivity contribution in [3.63, 3.8) is 0 Å². The molecule has 0 aromatic carbocycles. The molecule has 0 aliphatic heterocycles. The van der Waals surface area contributed by atoms with Crippen molar-refractivity contribution in [1.29, 1.82) is 0 Å². The van der Waals surface area contributed by atoms with E-state index in [1.807, 2.05) is 0 Å². The van der Waals surface area contributed by atoms with Crippen LogP contribution < -0.4 is 5.73 Å². The summed E-state index contributed by atoms with van der Waals surface area (Å²) in [5, 5.41) is 21.5. The molecule has 0 radical (unpaired) electrons. The molecule has 15 heavy (non-hydrogen) atoms. The standard InChI is InChI=1S/C9H20IN.BH3O3/c1-5-9(6-2,7-3)8(4,10)11;2-1(3)4/h5-7,11H2,1-4H3;2-4H. The fourth-order valence-electron chi connectivity index (χ4n) is 1.79. The van der Waals surface area contributed by atoms with Crippen molar-refractivity contribution in [2.75, 3.05) is 0 Å². The lowest BCUT2D eigenvalue weighted by Gasteiger charge is -2.41. The Hall–Kier alpha value is 0.635. The minimum Gasteiger partial charge on any atom is -0.402 e. The Labute approximate surface area is 107 Å². The van der Waals surface area contributed by atoms with Gasteiger partial charge in [-0.2, -0.15) is 0 Å². The smallest absolute Gasteiger partial charge is 0.402 e. The first-order valence-corrected chi connectivity index (χ1v) is 6.26. The zero-order chi connectivity index (χ0) is 12.7. The monoisotopic (exact) mass is 331 g/mol. The Kier molecular flexibility index (Phi) is 9.41. The van der Waals surface area contributed by atoms with Gasteiger partial charge in [-0.15, -0.1) is 0 Å². The highest BCUT2D eigenvalue weighted by molar-refractivity contribution is 14.1. The predicted molar refractivity (Wildman–Crippen MR) is 72.3 cm³/mol. The number of halogens is 1. The maximum atomic E-state index is 7.17. The Bertz CT molecular complexity index is 147.